The summed E-state index contributed by atoms with van der Waals surface area (Å²) >= 11 is 9.77. The number of rotatable bonds is 3. The van der Waals surface area contributed by atoms with Gasteiger partial charge in [-0.2, -0.15) is 0 Å². The van der Waals surface area contributed by atoms with Gasteiger partial charge >= 0.3 is 0 Å². The molecule has 4 rings (SSSR count). The van der Waals surface area contributed by atoms with Crippen LogP contribution in [0.5, 0.6) is 11.5 Å². The summed E-state index contributed by atoms with van der Waals surface area (Å²) < 4.78 is 12.1. The zero-order valence-electron chi connectivity index (χ0n) is 13.5. The topological polar surface area (TPSA) is 47.6 Å². The van der Waals surface area contributed by atoms with Crippen molar-refractivity contribution in [1.29, 1.82) is 0 Å². The Balaban J connectivity index is 1.61. The van der Waals surface area contributed by atoms with Crippen molar-refractivity contribution in [2.24, 2.45) is 0 Å². The molecular formula is C19H17BrClNO3. The Morgan fingerprint density at radius 2 is 1.72 bits per heavy atom. The molecule has 0 atom stereocenters. The highest BCUT2D eigenvalue weighted by atomic mass is 79.9. The molecule has 0 spiro atoms. The number of hydrogen-bond acceptors (Lipinski definition) is 3. The monoisotopic (exact) mass is 421 g/mol. The lowest BCUT2D eigenvalue weighted by Crippen LogP contribution is -2.46. The number of fused-ring (bicyclic) bond motifs is 1. The van der Waals surface area contributed by atoms with Crippen molar-refractivity contribution in [3.05, 3.63) is 51.5 Å². The van der Waals surface area contributed by atoms with Gasteiger partial charge in [0.05, 0.1) is 16.1 Å². The molecule has 1 saturated carbocycles. The molecule has 1 aliphatic heterocycles. The number of halogens is 2. The standard InChI is InChI=1S/C19H17BrClNO3/c20-13-4-2-12(3-5-13)19(6-1-7-19)18(23)22-15-11-17-16(10-14(15)21)24-8-9-25-17/h2-5,10-11H,1,6-9H2,(H,22,23). The van der Waals surface area contributed by atoms with Crippen molar-refractivity contribution in [2.45, 2.75) is 24.7 Å². The predicted molar refractivity (Wildman–Crippen MR) is 101 cm³/mol. The third-order valence-electron chi connectivity index (χ3n) is 4.92. The first-order chi connectivity index (χ1) is 12.1. The van der Waals surface area contributed by atoms with Crippen molar-refractivity contribution in [3.8, 4) is 11.5 Å². The van der Waals surface area contributed by atoms with E-state index in [0.29, 0.717) is 35.4 Å². The smallest absolute Gasteiger partial charge is 0.235 e. The molecule has 25 heavy (non-hydrogen) atoms. The Kier molecular flexibility index (Phi) is 4.38. The summed E-state index contributed by atoms with van der Waals surface area (Å²) in [6, 6.07) is 11.4. The molecule has 1 amide bonds. The SMILES string of the molecule is O=C(Nc1cc2c(cc1Cl)OCCO2)C1(c2ccc(Br)cc2)CCC1. The minimum absolute atomic E-state index is 0.0281. The molecule has 0 radical (unpaired) electrons. The van der Waals surface area contributed by atoms with E-state index in [9.17, 15) is 4.79 Å². The quantitative estimate of drug-likeness (QED) is 0.762. The van der Waals surface area contributed by atoms with Crippen LogP contribution in [0.15, 0.2) is 40.9 Å². The van der Waals surface area contributed by atoms with Crippen molar-refractivity contribution in [2.75, 3.05) is 18.5 Å². The van der Waals surface area contributed by atoms with Crippen LogP contribution in [0.1, 0.15) is 24.8 Å². The lowest BCUT2D eigenvalue weighted by molar-refractivity contribution is -0.124. The second-order valence-corrected chi connectivity index (χ2v) is 7.70. The first-order valence-electron chi connectivity index (χ1n) is 8.25. The molecule has 0 aromatic heterocycles. The van der Waals surface area contributed by atoms with E-state index in [1.165, 1.54) is 0 Å². The molecule has 0 bridgehead atoms. The van der Waals surface area contributed by atoms with Gasteiger partial charge in [0, 0.05) is 16.6 Å². The van der Waals surface area contributed by atoms with E-state index in [2.05, 4.69) is 21.2 Å². The van der Waals surface area contributed by atoms with Crippen molar-refractivity contribution in [3.63, 3.8) is 0 Å². The van der Waals surface area contributed by atoms with Crippen LogP contribution >= 0.6 is 27.5 Å². The maximum Gasteiger partial charge on any atom is 0.235 e. The number of ether oxygens (including phenoxy) is 2. The lowest BCUT2D eigenvalue weighted by Gasteiger charge is -2.40. The van der Waals surface area contributed by atoms with E-state index in [-0.39, 0.29) is 5.91 Å². The summed E-state index contributed by atoms with van der Waals surface area (Å²) in [6.07, 6.45) is 2.71. The molecule has 2 aliphatic rings. The average molecular weight is 423 g/mol. The van der Waals surface area contributed by atoms with Crippen LogP contribution in [0.4, 0.5) is 5.69 Å². The second-order valence-electron chi connectivity index (χ2n) is 6.37. The van der Waals surface area contributed by atoms with E-state index in [4.69, 9.17) is 21.1 Å². The highest BCUT2D eigenvalue weighted by Gasteiger charge is 2.45. The first-order valence-corrected chi connectivity index (χ1v) is 9.42. The molecule has 0 saturated heterocycles. The van der Waals surface area contributed by atoms with Crippen LogP contribution in [0.25, 0.3) is 0 Å². The Morgan fingerprint density at radius 3 is 2.32 bits per heavy atom. The molecule has 6 heteroatoms. The number of carbonyl (C=O) groups is 1. The first kappa shape index (κ1) is 16.7. The summed E-state index contributed by atoms with van der Waals surface area (Å²) in [4.78, 5) is 13.1. The Labute approximate surface area is 159 Å². The fourth-order valence-corrected chi connectivity index (χ4v) is 3.81. The largest absolute Gasteiger partial charge is 0.486 e. The Hall–Kier alpha value is -1.72. The minimum Gasteiger partial charge on any atom is -0.486 e. The minimum atomic E-state index is -0.489. The Bertz CT molecular complexity index is 818. The van der Waals surface area contributed by atoms with Gasteiger partial charge in [-0.1, -0.05) is 46.1 Å². The van der Waals surface area contributed by atoms with E-state index in [1.807, 2.05) is 24.3 Å². The van der Waals surface area contributed by atoms with Gasteiger partial charge in [-0.3, -0.25) is 4.79 Å². The van der Waals surface area contributed by atoms with Gasteiger partial charge in [-0.25, -0.2) is 0 Å². The maximum atomic E-state index is 13.1. The van der Waals surface area contributed by atoms with Gasteiger partial charge < -0.3 is 14.8 Å². The summed E-state index contributed by atoms with van der Waals surface area (Å²) in [5.41, 5.74) is 1.10. The number of amides is 1. The zero-order valence-corrected chi connectivity index (χ0v) is 15.8. The van der Waals surface area contributed by atoms with Crippen LogP contribution < -0.4 is 14.8 Å². The van der Waals surface area contributed by atoms with Gasteiger partial charge in [-0.05, 0) is 30.5 Å². The zero-order chi connectivity index (χ0) is 17.4. The maximum absolute atomic E-state index is 13.1. The third-order valence-corrected chi connectivity index (χ3v) is 5.76. The molecule has 0 unspecified atom stereocenters. The molecule has 1 aliphatic carbocycles. The fourth-order valence-electron chi connectivity index (χ4n) is 3.35. The summed E-state index contributed by atoms with van der Waals surface area (Å²) in [7, 11) is 0. The highest BCUT2D eigenvalue weighted by molar-refractivity contribution is 9.10. The van der Waals surface area contributed by atoms with Crippen molar-refractivity contribution < 1.29 is 14.3 Å². The number of hydrogen-bond donors (Lipinski definition) is 1. The van der Waals surface area contributed by atoms with E-state index < -0.39 is 5.41 Å². The molecule has 2 aromatic rings. The number of carbonyl (C=O) groups excluding carboxylic acids is 1. The average Bonchev–Trinajstić information content (AvgIpc) is 2.56. The Morgan fingerprint density at radius 1 is 1.08 bits per heavy atom. The summed E-state index contributed by atoms with van der Waals surface area (Å²) in [6.45, 7) is 0.993. The third kappa shape index (κ3) is 3.00. The molecule has 1 heterocycles. The van der Waals surface area contributed by atoms with Gasteiger partial charge in [0.15, 0.2) is 11.5 Å². The number of benzene rings is 2. The molecule has 1 fully saturated rings. The van der Waals surface area contributed by atoms with Gasteiger partial charge in [0.1, 0.15) is 13.2 Å². The van der Waals surface area contributed by atoms with Crippen LogP contribution in [-0.2, 0) is 10.2 Å². The number of nitrogens with one attached hydrogen (secondary N) is 1. The van der Waals surface area contributed by atoms with Crippen LogP contribution in [0.2, 0.25) is 5.02 Å². The molecule has 130 valence electrons. The molecule has 1 N–H and O–H groups in total. The van der Waals surface area contributed by atoms with Crippen LogP contribution in [0.3, 0.4) is 0 Å². The summed E-state index contributed by atoms with van der Waals surface area (Å²) in [5, 5.41) is 3.45. The number of anilines is 1. The molecular weight excluding hydrogens is 406 g/mol. The lowest BCUT2D eigenvalue weighted by atomic mass is 9.64. The molecule has 4 nitrogen and oxygen atoms in total. The summed E-state index contributed by atoms with van der Waals surface area (Å²) in [5.74, 6) is 1.19. The highest BCUT2D eigenvalue weighted by Crippen LogP contribution is 2.46. The van der Waals surface area contributed by atoms with Crippen LogP contribution in [0, 0.1) is 0 Å². The van der Waals surface area contributed by atoms with E-state index >= 15 is 0 Å². The van der Waals surface area contributed by atoms with Crippen molar-refractivity contribution in [1.82, 2.24) is 0 Å². The van der Waals surface area contributed by atoms with E-state index in [1.54, 1.807) is 12.1 Å². The van der Waals surface area contributed by atoms with Gasteiger partial charge in [0.25, 0.3) is 0 Å². The normalized spacial score (nSPS) is 17.5. The van der Waals surface area contributed by atoms with E-state index in [0.717, 1.165) is 29.3 Å². The fraction of sp³-hybridized carbons (Fsp3) is 0.316. The van der Waals surface area contributed by atoms with Gasteiger partial charge in [-0.15, -0.1) is 0 Å². The predicted octanol–water partition coefficient (Wildman–Crippen LogP) is 4.93. The second kappa shape index (κ2) is 6.54. The van der Waals surface area contributed by atoms with Gasteiger partial charge in [0.2, 0.25) is 5.91 Å². The molecule has 2 aromatic carbocycles. The van der Waals surface area contributed by atoms with Crippen LogP contribution in [-0.4, -0.2) is 19.1 Å². The van der Waals surface area contributed by atoms with Crippen molar-refractivity contribution >= 4 is 39.1 Å².